The van der Waals surface area contributed by atoms with Gasteiger partial charge in [-0.05, 0) is 61.2 Å². The lowest BCUT2D eigenvalue weighted by molar-refractivity contribution is -1.91. The number of phenols is 1. The first-order valence-corrected chi connectivity index (χ1v) is 9.26. The maximum Gasteiger partial charge on any atom is 0.293 e. The molecule has 0 spiro atoms. The van der Waals surface area contributed by atoms with Gasteiger partial charge in [0.05, 0.1) is 0 Å². The smallest absolute Gasteiger partial charge is 0.293 e. The summed E-state index contributed by atoms with van der Waals surface area (Å²) in [5, 5.41) is 9.76. The third-order valence-corrected chi connectivity index (χ3v) is 4.81. The number of phenolic OH excluding ortho intramolecular Hbond substituents is 1. The Morgan fingerprint density at radius 1 is 1.00 bits per heavy atom. The molecule has 1 aliphatic rings. The predicted octanol–water partition coefficient (Wildman–Crippen LogP) is -0.559. The number of hydrogen-bond acceptors (Lipinski definition) is 6. The summed E-state index contributed by atoms with van der Waals surface area (Å²) in [5.74, 6) is 0.315. The van der Waals surface area contributed by atoms with Crippen LogP contribution in [-0.4, -0.2) is 23.6 Å². The van der Waals surface area contributed by atoms with Crippen molar-refractivity contribution in [2.75, 3.05) is 13.6 Å². The predicted molar refractivity (Wildman–Crippen MR) is 82.6 cm³/mol. The minimum Gasteiger partial charge on any atom is -0.508 e. The Bertz CT molecular complexity index is 760. The topological polar surface area (TPSA) is 102 Å². The van der Waals surface area contributed by atoms with Crippen LogP contribution in [0.4, 0.5) is 0 Å². The van der Waals surface area contributed by atoms with E-state index in [1.54, 1.807) is 18.2 Å². The molecule has 1 N–H and O–H groups in total. The molecule has 134 valence electrons. The van der Waals surface area contributed by atoms with Gasteiger partial charge in [-0.1, -0.05) is 22.5 Å². The molecule has 0 saturated carbocycles. The monoisotopic (exact) mass is 365 g/mol. The van der Waals surface area contributed by atoms with Crippen LogP contribution in [0.1, 0.15) is 22.3 Å². The molecule has 0 bridgehead atoms. The Balaban J connectivity index is 1.98. The fraction of sp³-hybridized carbons (Fsp3) is 0.333. The third-order valence-electron chi connectivity index (χ3n) is 4.45. The van der Waals surface area contributed by atoms with Crippen molar-refractivity contribution in [1.29, 1.82) is 0 Å². The van der Waals surface area contributed by atoms with Crippen molar-refractivity contribution in [1.82, 2.24) is 4.90 Å². The highest BCUT2D eigenvalue weighted by Gasteiger charge is 2.25. The fourth-order valence-electron chi connectivity index (χ4n) is 3.22. The highest BCUT2D eigenvalue weighted by molar-refractivity contribution is 5.42. The van der Waals surface area contributed by atoms with Crippen molar-refractivity contribution in [2.45, 2.75) is 25.8 Å². The lowest BCUT2D eigenvalue weighted by Gasteiger charge is -2.23. The molecule has 2 aromatic carbocycles. The van der Waals surface area contributed by atoms with Gasteiger partial charge < -0.3 is 10.0 Å². The second kappa shape index (κ2) is 7.19. The van der Waals surface area contributed by atoms with Crippen LogP contribution >= 0.6 is 0 Å². The summed E-state index contributed by atoms with van der Waals surface area (Å²) in [6.07, 6.45) is 2.20. The van der Waals surface area contributed by atoms with Gasteiger partial charge in [-0.2, -0.15) is 14.0 Å². The Morgan fingerprint density at radius 2 is 1.76 bits per heavy atom. The highest BCUT2D eigenvalue weighted by atomic mass is 35.7. The molecular formula is C18H20ClNO5. The number of hydrogen-bond donors (Lipinski definition) is 1. The molecule has 0 unspecified atom stereocenters. The molecule has 0 saturated heterocycles. The molecule has 0 aromatic heterocycles. The van der Waals surface area contributed by atoms with Gasteiger partial charge in [0.15, 0.2) is 0 Å². The zero-order chi connectivity index (χ0) is 18.0. The zero-order valence-electron chi connectivity index (χ0n) is 13.9. The highest BCUT2D eigenvalue weighted by Crippen LogP contribution is 2.29. The quantitative estimate of drug-likeness (QED) is 0.765. The summed E-state index contributed by atoms with van der Waals surface area (Å²) in [6.45, 7) is 1.25. The van der Waals surface area contributed by atoms with E-state index in [0.29, 0.717) is 24.9 Å². The first kappa shape index (κ1) is 18.0. The molecule has 0 fully saturated rings. The number of nitrogens with zero attached hydrogens (tertiary/aromatic N) is 1. The Morgan fingerprint density at radius 3 is 2.52 bits per heavy atom. The first-order chi connectivity index (χ1) is 11.8. The fourth-order valence-corrected chi connectivity index (χ4v) is 3.57. The molecule has 7 heteroatoms. The lowest BCUT2D eigenvalue weighted by atomic mass is 9.94. The minimum absolute atomic E-state index is 0.0812. The Labute approximate surface area is 148 Å². The number of likely N-dealkylation sites (N-methyl/N-ethyl adjacent to an activating group) is 1. The van der Waals surface area contributed by atoms with Crippen LogP contribution in [0.5, 0.6) is 11.5 Å². The summed E-state index contributed by atoms with van der Waals surface area (Å²) in [5.41, 5.74) is 3.91. The van der Waals surface area contributed by atoms with Crippen molar-refractivity contribution in [2.24, 2.45) is 0 Å². The van der Waals surface area contributed by atoms with Crippen LogP contribution in [0.25, 0.3) is 0 Å². The van der Waals surface area contributed by atoms with E-state index in [-0.39, 0.29) is 11.5 Å². The first-order valence-electron chi connectivity index (χ1n) is 8.02. The SMILES string of the molecule is CN1CCc2ccc(O)cc2CCc2cccc(O[Cl+3]([O-])([O-])[O-])c2C1. The standard InChI is InChI=1S/C18H20ClNO5/c1-20-10-9-13-7-8-16(21)11-15(13)6-5-14-3-2-4-18(17(14)12-20)25-19(22,23)24/h2-4,7-8,11,21H,5-6,9-10,12H2,1H3. The average molecular weight is 366 g/mol. The molecule has 0 atom stereocenters. The molecule has 3 rings (SSSR count). The number of benzene rings is 2. The van der Waals surface area contributed by atoms with Gasteiger partial charge in [-0.3, -0.25) is 0 Å². The molecule has 6 nitrogen and oxygen atoms in total. The van der Waals surface area contributed by atoms with Gasteiger partial charge in [0.1, 0.15) is 16.0 Å². The third kappa shape index (κ3) is 4.62. The van der Waals surface area contributed by atoms with Crippen molar-refractivity contribution < 1.29 is 33.6 Å². The van der Waals surface area contributed by atoms with Crippen molar-refractivity contribution >= 4 is 0 Å². The number of aryl methyl sites for hydroxylation is 2. The van der Waals surface area contributed by atoms with Gasteiger partial charge in [-0.25, -0.2) is 0 Å². The summed E-state index contributed by atoms with van der Waals surface area (Å²) in [6, 6.07) is 10.5. The van der Waals surface area contributed by atoms with Crippen molar-refractivity contribution in [3.63, 3.8) is 0 Å². The normalized spacial score (nSPS) is 16.0. The lowest BCUT2D eigenvalue weighted by Crippen LogP contribution is -2.63. The van der Waals surface area contributed by atoms with E-state index in [4.69, 9.17) is 0 Å². The number of rotatable bonds is 2. The largest absolute Gasteiger partial charge is 0.508 e. The van der Waals surface area contributed by atoms with Crippen LogP contribution in [-0.2, 0) is 25.8 Å². The Hall–Kier alpha value is -1.83. The van der Waals surface area contributed by atoms with Gasteiger partial charge >= 0.3 is 0 Å². The van der Waals surface area contributed by atoms with E-state index >= 15 is 0 Å². The van der Waals surface area contributed by atoms with Gasteiger partial charge in [0, 0.05) is 18.7 Å². The molecule has 1 aliphatic heterocycles. The number of aromatic hydroxyl groups is 1. The van der Waals surface area contributed by atoms with Gasteiger partial charge in [0.25, 0.3) is 5.75 Å². The Kier molecular flexibility index (Phi) is 5.17. The zero-order valence-corrected chi connectivity index (χ0v) is 14.7. The summed E-state index contributed by atoms with van der Waals surface area (Å²) < 4.78 is 37.6. The van der Waals surface area contributed by atoms with Crippen molar-refractivity contribution in [3.05, 3.63) is 58.7 Å². The molecule has 0 radical (unpaired) electrons. The summed E-state index contributed by atoms with van der Waals surface area (Å²) >= 11 is 0. The maximum absolute atomic E-state index is 11.0. The molecule has 2 aromatic rings. The maximum atomic E-state index is 11.0. The van der Waals surface area contributed by atoms with Crippen LogP contribution < -0.4 is 18.3 Å². The van der Waals surface area contributed by atoms with E-state index in [1.807, 2.05) is 19.2 Å². The number of halogens is 1. The van der Waals surface area contributed by atoms with E-state index in [0.717, 1.165) is 24.1 Å². The number of fused-ring (bicyclic) bond motifs is 2. The summed E-state index contributed by atoms with van der Waals surface area (Å²) in [7, 11) is -2.60. The van der Waals surface area contributed by atoms with Gasteiger partial charge in [-0.15, -0.1) is 0 Å². The van der Waals surface area contributed by atoms with Gasteiger partial charge in [0.2, 0.25) is 0 Å². The molecular weight excluding hydrogens is 346 g/mol. The van der Waals surface area contributed by atoms with E-state index in [9.17, 15) is 19.1 Å². The molecule has 0 amide bonds. The second-order valence-electron chi connectivity index (χ2n) is 6.29. The minimum atomic E-state index is -4.53. The van der Waals surface area contributed by atoms with Crippen LogP contribution in [0.15, 0.2) is 36.4 Å². The summed E-state index contributed by atoms with van der Waals surface area (Å²) in [4.78, 5) is 2.06. The van der Waals surface area contributed by atoms with Crippen LogP contribution in [0.3, 0.4) is 0 Å². The van der Waals surface area contributed by atoms with Crippen LogP contribution in [0, 0.1) is 10.2 Å². The molecule has 0 aliphatic carbocycles. The molecule has 1 heterocycles. The van der Waals surface area contributed by atoms with Crippen LogP contribution in [0.2, 0.25) is 0 Å². The average Bonchev–Trinajstić information content (AvgIpc) is 2.52. The second-order valence-corrected chi connectivity index (χ2v) is 7.20. The van der Waals surface area contributed by atoms with Crippen molar-refractivity contribution in [3.8, 4) is 11.5 Å². The van der Waals surface area contributed by atoms with E-state index in [2.05, 4.69) is 9.19 Å². The van der Waals surface area contributed by atoms with E-state index < -0.39 is 10.2 Å². The molecule has 25 heavy (non-hydrogen) atoms. The van der Waals surface area contributed by atoms with E-state index in [1.165, 1.54) is 11.6 Å².